The molecule has 0 amide bonds. The van der Waals surface area contributed by atoms with Crippen LogP contribution in [0.15, 0.2) is 52.8 Å². The number of anilines is 1. The van der Waals surface area contributed by atoms with Crippen molar-refractivity contribution >= 4 is 46.7 Å². The summed E-state index contributed by atoms with van der Waals surface area (Å²) >= 11 is 14.4. The summed E-state index contributed by atoms with van der Waals surface area (Å²) in [6, 6.07) is 11.4. The highest BCUT2D eigenvalue weighted by Gasteiger charge is 2.42. The van der Waals surface area contributed by atoms with Gasteiger partial charge in [0.15, 0.2) is 5.78 Å². The van der Waals surface area contributed by atoms with Crippen molar-refractivity contribution in [2.45, 2.75) is 57.5 Å². The summed E-state index contributed by atoms with van der Waals surface area (Å²) in [5.41, 5.74) is 6.05. The van der Waals surface area contributed by atoms with Crippen LogP contribution in [0, 0.1) is 19.3 Å². The minimum atomic E-state index is -0.442. The van der Waals surface area contributed by atoms with E-state index in [4.69, 9.17) is 33.3 Å². The number of nitrogens with zero attached hydrogens (tertiary/aromatic N) is 3. The molecule has 8 heteroatoms. The van der Waals surface area contributed by atoms with Crippen LogP contribution in [0.2, 0.25) is 10.0 Å². The van der Waals surface area contributed by atoms with E-state index in [1.54, 1.807) is 28.6 Å². The van der Waals surface area contributed by atoms with Crippen LogP contribution in [0.25, 0.3) is 0 Å². The molecule has 0 saturated heterocycles. The van der Waals surface area contributed by atoms with Crippen molar-refractivity contribution in [3.8, 4) is 0 Å². The van der Waals surface area contributed by atoms with E-state index in [1.807, 2.05) is 6.07 Å². The predicted molar refractivity (Wildman–Crippen MR) is 139 cm³/mol. The largest absolute Gasteiger partial charge is 0.328 e. The smallest absolute Gasteiger partial charge is 0.227 e. The Morgan fingerprint density at radius 2 is 1.94 bits per heavy atom. The molecule has 1 aliphatic heterocycles. The van der Waals surface area contributed by atoms with Gasteiger partial charge in [0.25, 0.3) is 0 Å². The summed E-state index contributed by atoms with van der Waals surface area (Å²) in [6.07, 6.45) is 1.24. The van der Waals surface area contributed by atoms with Crippen molar-refractivity contribution in [1.82, 2.24) is 14.8 Å². The zero-order chi connectivity index (χ0) is 24.2. The van der Waals surface area contributed by atoms with Gasteiger partial charge in [0.1, 0.15) is 6.04 Å². The second-order valence-corrected chi connectivity index (χ2v) is 11.7. The number of nitrogens with one attached hydrogen (secondary N) is 1. The molecule has 0 bridgehead atoms. The van der Waals surface area contributed by atoms with Crippen LogP contribution in [0.1, 0.15) is 55.0 Å². The Labute approximate surface area is 213 Å². The fraction of sp³-hybridized carbons (Fsp3) is 0.346. The van der Waals surface area contributed by atoms with Crippen LogP contribution in [0.4, 0.5) is 5.95 Å². The number of carbonyl (C=O) groups excluding carboxylic acids is 1. The van der Waals surface area contributed by atoms with Gasteiger partial charge in [-0.15, -0.1) is 5.10 Å². The third-order valence-electron chi connectivity index (χ3n) is 6.42. The van der Waals surface area contributed by atoms with Crippen molar-refractivity contribution in [3.05, 3.63) is 80.0 Å². The fourth-order valence-corrected chi connectivity index (χ4v) is 6.23. The molecule has 1 aromatic heterocycles. The monoisotopic (exact) mass is 512 g/mol. The first-order valence-electron chi connectivity index (χ1n) is 11.2. The quantitative estimate of drug-likeness (QED) is 0.376. The molecule has 5 rings (SSSR count). The van der Waals surface area contributed by atoms with E-state index in [-0.39, 0.29) is 11.2 Å². The lowest BCUT2D eigenvalue weighted by atomic mass is 9.73. The number of aryl methyl sites for hydroxylation is 2. The number of aromatic nitrogens is 3. The van der Waals surface area contributed by atoms with E-state index in [0.717, 1.165) is 23.4 Å². The molecule has 5 nitrogen and oxygen atoms in total. The Morgan fingerprint density at radius 1 is 1.15 bits per heavy atom. The zero-order valence-electron chi connectivity index (χ0n) is 19.6. The number of thioether (sulfide) groups is 1. The van der Waals surface area contributed by atoms with Crippen LogP contribution in [0.3, 0.4) is 0 Å². The Morgan fingerprint density at radius 3 is 2.68 bits per heavy atom. The van der Waals surface area contributed by atoms with Crippen LogP contribution in [0.5, 0.6) is 0 Å². The van der Waals surface area contributed by atoms with E-state index in [1.165, 1.54) is 16.7 Å². The standard InChI is InChI=1S/C26H26Cl2N4OS/c1-14-5-6-16(15(2)9-14)13-34-25-30-24-29-20-11-26(3,4)12-21(33)22(20)23(32(24)31-25)18-8-7-17(27)10-19(18)28/h5-10,23H,11-13H2,1-4H3,(H,29,30,31). The Hall–Kier alpha value is -2.28. The fourth-order valence-electron chi connectivity index (χ4n) is 4.81. The normalized spacial score (nSPS) is 19.0. The van der Waals surface area contributed by atoms with Gasteiger partial charge >= 0.3 is 0 Å². The summed E-state index contributed by atoms with van der Waals surface area (Å²) in [5, 5.41) is 9.96. The predicted octanol–water partition coefficient (Wildman–Crippen LogP) is 7.15. The molecule has 0 radical (unpaired) electrons. The average Bonchev–Trinajstić information content (AvgIpc) is 3.13. The lowest BCUT2D eigenvalue weighted by molar-refractivity contribution is -0.118. The number of halogens is 2. The van der Waals surface area contributed by atoms with Gasteiger partial charge in [-0.05, 0) is 48.9 Å². The molecule has 1 aliphatic carbocycles. The van der Waals surface area contributed by atoms with Crippen LogP contribution < -0.4 is 5.32 Å². The molecule has 0 fully saturated rings. The van der Waals surface area contributed by atoms with Gasteiger partial charge < -0.3 is 5.32 Å². The number of ketones is 1. The number of carbonyl (C=O) groups is 1. The van der Waals surface area contributed by atoms with Gasteiger partial charge in [-0.2, -0.15) is 4.98 Å². The van der Waals surface area contributed by atoms with Gasteiger partial charge in [0, 0.05) is 39.1 Å². The van der Waals surface area contributed by atoms with Gasteiger partial charge in [-0.25, -0.2) is 4.68 Å². The van der Waals surface area contributed by atoms with Gasteiger partial charge in [0.2, 0.25) is 11.1 Å². The zero-order valence-corrected chi connectivity index (χ0v) is 21.9. The first-order chi connectivity index (χ1) is 16.1. The van der Waals surface area contributed by atoms with Crippen molar-refractivity contribution in [2.75, 3.05) is 5.32 Å². The van der Waals surface area contributed by atoms with Crippen molar-refractivity contribution in [3.63, 3.8) is 0 Å². The highest BCUT2D eigenvalue weighted by atomic mass is 35.5. The number of rotatable bonds is 4. The van der Waals surface area contributed by atoms with Crippen LogP contribution >= 0.6 is 35.0 Å². The summed E-state index contributed by atoms with van der Waals surface area (Å²) < 4.78 is 1.80. The molecule has 2 aliphatic rings. The summed E-state index contributed by atoms with van der Waals surface area (Å²) in [5.74, 6) is 1.50. The van der Waals surface area contributed by atoms with E-state index in [2.05, 4.69) is 51.2 Å². The van der Waals surface area contributed by atoms with E-state index < -0.39 is 6.04 Å². The highest BCUT2D eigenvalue weighted by molar-refractivity contribution is 7.98. The molecule has 3 aromatic rings. The van der Waals surface area contributed by atoms with Gasteiger partial charge in [0.05, 0.1) is 0 Å². The number of benzene rings is 2. The first-order valence-corrected chi connectivity index (χ1v) is 13.0. The molecule has 1 atom stereocenters. The second kappa shape index (κ2) is 8.74. The SMILES string of the molecule is Cc1ccc(CSc2nc3n(n2)C(c2ccc(Cl)cc2Cl)C2=C(CC(C)(C)CC2=O)N3)c(C)c1. The molecule has 0 saturated carbocycles. The molecule has 0 spiro atoms. The number of fused-ring (bicyclic) bond motifs is 1. The second-order valence-electron chi connectivity index (χ2n) is 9.91. The highest BCUT2D eigenvalue weighted by Crippen LogP contribution is 2.47. The van der Waals surface area contributed by atoms with Crippen molar-refractivity contribution in [2.24, 2.45) is 5.41 Å². The minimum absolute atomic E-state index is 0.111. The number of hydrogen-bond donors (Lipinski definition) is 1. The van der Waals surface area contributed by atoms with E-state index in [0.29, 0.717) is 33.1 Å². The summed E-state index contributed by atoms with van der Waals surface area (Å²) in [4.78, 5) is 18.2. The minimum Gasteiger partial charge on any atom is -0.328 e. The lowest BCUT2D eigenvalue weighted by Gasteiger charge is -2.38. The van der Waals surface area contributed by atoms with Crippen molar-refractivity contribution in [1.29, 1.82) is 0 Å². The first kappa shape index (κ1) is 23.5. The number of Topliss-reactive ketones (excluding diaryl/α,β-unsaturated/α-hetero) is 1. The number of hydrogen-bond acceptors (Lipinski definition) is 5. The third-order valence-corrected chi connectivity index (χ3v) is 7.87. The van der Waals surface area contributed by atoms with Gasteiger partial charge in [-0.3, -0.25) is 4.79 Å². The summed E-state index contributed by atoms with van der Waals surface area (Å²) in [6.45, 7) is 8.45. The maximum Gasteiger partial charge on any atom is 0.227 e. The lowest BCUT2D eigenvalue weighted by Crippen LogP contribution is -2.36. The summed E-state index contributed by atoms with van der Waals surface area (Å²) in [7, 11) is 0. The molecule has 2 aromatic carbocycles. The topological polar surface area (TPSA) is 59.8 Å². The molecule has 1 unspecified atom stereocenters. The van der Waals surface area contributed by atoms with E-state index in [9.17, 15) is 4.79 Å². The number of allylic oxidation sites excluding steroid dienone is 2. The maximum absolute atomic E-state index is 13.4. The van der Waals surface area contributed by atoms with Crippen molar-refractivity contribution < 1.29 is 4.79 Å². The Balaban J connectivity index is 1.54. The molecular formula is C26H26Cl2N4OS. The Kier molecular flexibility index (Phi) is 6.03. The maximum atomic E-state index is 13.4. The van der Waals surface area contributed by atoms with E-state index >= 15 is 0 Å². The average molecular weight is 513 g/mol. The molecule has 2 heterocycles. The van der Waals surface area contributed by atoms with Gasteiger partial charge in [-0.1, -0.05) is 78.6 Å². The molecule has 34 heavy (non-hydrogen) atoms. The molecular weight excluding hydrogens is 487 g/mol. The Bertz CT molecular complexity index is 1340. The van der Waals surface area contributed by atoms with Crippen LogP contribution in [-0.2, 0) is 10.5 Å². The third kappa shape index (κ3) is 4.39. The van der Waals surface area contributed by atoms with Crippen LogP contribution in [-0.4, -0.2) is 20.5 Å². The molecule has 176 valence electrons. The molecule has 1 N–H and O–H groups in total.